The SMILES string of the molecule is C/C(=N\O)c1cccc(C)n1.C/C(=N\OCC(C)(C)CCl)c1cccc(C)n1.CC(=NO)c1cc(C)cc(C)n1.CC(=NOCC(C)(C)CO/N=C(\C)c1cccc(C)n1)c1cc(C)cc(C)n1.CC(C)(CCl)CBr.CCl.CCl. The largest absolute Gasteiger partial charge is 0.411 e. The molecular formula is C59H87BrCl4N10O5. The number of hydrogen-bond donors (Lipinski definition) is 2. The van der Waals surface area contributed by atoms with Crippen molar-refractivity contribution in [2.75, 3.05) is 49.7 Å². The lowest BCUT2D eigenvalue weighted by Gasteiger charge is -2.21. The van der Waals surface area contributed by atoms with E-state index >= 15 is 0 Å². The zero-order valence-corrected chi connectivity index (χ0v) is 54.8. The van der Waals surface area contributed by atoms with Gasteiger partial charge in [-0.25, -0.2) is 0 Å². The lowest BCUT2D eigenvalue weighted by molar-refractivity contribution is -0.00000535. The Labute approximate surface area is 500 Å². The zero-order valence-electron chi connectivity index (χ0n) is 50.2. The fourth-order valence-electron chi connectivity index (χ4n) is 5.56. The van der Waals surface area contributed by atoms with Crippen LogP contribution in [0.2, 0.25) is 0 Å². The van der Waals surface area contributed by atoms with Gasteiger partial charge in [-0.2, -0.15) is 0 Å². The number of nitrogens with zero attached hydrogens (tertiary/aromatic N) is 10. The molecule has 0 saturated heterocycles. The van der Waals surface area contributed by atoms with Crippen molar-refractivity contribution in [1.29, 1.82) is 0 Å². The molecule has 0 aliphatic rings. The average molecular weight is 1240 g/mol. The van der Waals surface area contributed by atoms with E-state index in [0.717, 1.165) is 90.7 Å². The number of pyridine rings is 5. The summed E-state index contributed by atoms with van der Waals surface area (Å²) in [7, 11) is 0. The second kappa shape index (κ2) is 40.8. The average Bonchev–Trinajstić information content (AvgIpc) is 3.41. The fraction of sp³-hybridized carbons (Fsp3) is 0.492. The van der Waals surface area contributed by atoms with Gasteiger partial charge in [0, 0.05) is 69.2 Å². The number of rotatable bonds is 17. The molecule has 5 aromatic rings. The molecule has 0 aliphatic carbocycles. The lowest BCUT2D eigenvalue weighted by Crippen LogP contribution is -2.24. The quantitative estimate of drug-likeness (QED) is 0.0391. The minimum absolute atomic E-state index is 0.0641. The van der Waals surface area contributed by atoms with Crippen LogP contribution in [0.4, 0.5) is 0 Å². The number of hydrogen-bond acceptors (Lipinski definition) is 15. The molecule has 20 heteroatoms. The fourth-order valence-corrected chi connectivity index (χ4v) is 6.16. The Morgan fingerprint density at radius 2 is 0.709 bits per heavy atom. The second-order valence-electron chi connectivity index (χ2n) is 20.4. The normalized spacial score (nSPS) is 11.9. The maximum Gasteiger partial charge on any atom is 0.125 e. The van der Waals surface area contributed by atoms with Gasteiger partial charge >= 0.3 is 0 Å². The first-order valence-corrected chi connectivity index (χ1v) is 28.8. The molecule has 0 spiro atoms. The van der Waals surface area contributed by atoms with Crippen LogP contribution in [0.1, 0.15) is 144 Å². The third-order valence-corrected chi connectivity index (χ3v) is 13.0. The molecule has 0 aliphatic heterocycles. The van der Waals surface area contributed by atoms with Crippen molar-refractivity contribution in [3.63, 3.8) is 0 Å². The van der Waals surface area contributed by atoms with Gasteiger partial charge in [0.15, 0.2) is 0 Å². The molecule has 5 rings (SSSR count). The highest BCUT2D eigenvalue weighted by Crippen LogP contribution is 2.20. The van der Waals surface area contributed by atoms with Gasteiger partial charge in [-0.15, -0.1) is 46.4 Å². The number of halogens is 5. The molecule has 0 radical (unpaired) electrons. The van der Waals surface area contributed by atoms with Gasteiger partial charge in [0.2, 0.25) is 0 Å². The third-order valence-electron chi connectivity index (χ3n) is 10.1. The molecule has 0 fully saturated rings. The molecule has 5 aromatic heterocycles. The molecule has 2 N–H and O–H groups in total. The molecule has 79 heavy (non-hydrogen) atoms. The molecule has 0 saturated carbocycles. The Bertz CT molecular complexity index is 2650. The van der Waals surface area contributed by atoms with E-state index in [0.29, 0.717) is 42.8 Å². The molecule has 0 bridgehead atoms. The van der Waals surface area contributed by atoms with Crippen LogP contribution in [0.15, 0.2) is 105 Å². The molecule has 0 amide bonds. The minimum atomic E-state index is -0.246. The highest BCUT2D eigenvalue weighted by Gasteiger charge is 2.21. The topological polar surface area (TPSA) is 194 Å². The van der Waals surface area contributed by atoms with Crippen molar-refractivity contribution in [3.8, 4) is 0 Å². The Morgan fingerprint density at radius 3 is 0.987 bits per heavy atom. The highest BCUT2D eigenvalue weighted by molar-refractivity contribution is 9.09. The molecule has 0 atom stereocenters. The number of alkyl halides is 5. The van der Waals surface area contributed by atoms with Crippen LogP contribution in [-0.4, -0.2) is 114 Å². The number of aromatic nitrogens is 5. The van der Waals surface area contributed by atoms with Gasteiger partial charge in [-0.05, 0) is 160 Å². The summed E-state index contributed by atoms with van der Waals surface area (Å²) >= 11 is 24.0. The maximum absolute atomic E-state index is 8.52. The van der Waals surface area contributed by atoms with Crippen LogP contribution >= 0.6 is 62.3 Å². The predicted molar refractivity (Wildman–Crippen MR) is 337 cm³/mol. The first kappa shape index (κ1) is 75.8. The summed E-state index contributed by atoms with van der Waals surface area (Å²) in [5.74, 6) is 1.27. The van der Waals surface area contributed by atoms with Crippen molar-refractivity contribution in [2.24, 2.45) is 42.0 Å². The van der Waals surface area contributed by atoms with Crippen LogP contribution in [-0.2, 0) is 14.5 Å². The van der Waals surface area contributed by atoms with E-state index in [1.165, 1.54) is 12.8 Å². The van der Waals surface area contributed by atoms with Crippen LogP contribution in [0.25, 0.3) is 0 Å². The van der Waals surface area contributed by atoms with E-state index in [1.807, 2.05) is 176 Å². The van der Waals surface area contributed by atoms with Gasteiger partial charge < -0.3 is 24.9 Å². The van der Waals surface area contributed by atoms with Gasteiger partial charge in [0.25, 0.3) is 0 Å². The summed E-state index contributed by atoms with van der Waals surface area (Å²) in [5.41, 5.74) is 14.3. The number of aryl methyl sites for hydroxylation is 7. The summed E-state index contributed by atoms with van der Waals surface area (Å²) in [6.07, 6.45) is 2.94. The lowest BCUT2D eigenvalue weighted by atomic mass is 9.97. The number of oxime groups is 5. The molecule has 0 aromatic carbocycles. The van der Waals surface area contributed by atoms with Gasteiger partial charge in [-0.1, -0.05) is 101 Å². The molecule has 5 heterocycles. The summed E-state index contributed by atoms with van der Waals surface area (Å²) in [6, 6.07) is 25.1. The van der Waals surface area contributed by atoms with Gasteiger partial charge in [-0.3, -0.25) is 24.9 Å². The van der Waals surface area contributed by atoms with E-state index in [-0.39, 0.29) is 16.2 Å². The second-order valence-corrected chi connectivity index (χ2v) is 21.5. The molecule has 438 valence electrons. The maximum atomic E-state index is 8.52. The van der Waals surface area contributed by atoms with Gasteiger partial charge in [0.1, 0.15) is 48.4 Å². The smallest absolute Gasteiger partial charge is 0.125 e. The van der Waals surface area contributed by atoms with E-state index < -0.39 is 0 Å². The Balaban J connectivity index is 0. The monoisotopic (exact) mass is 1230 g/mol. The standard InChI is InChI=1S/C22H30N4O2.C13H19ClN2O.C9H12N2O.C8H10N2O.C5H10BrCl.2CH3Cl/c1-15-11-17(3)24-21(12-15)19(5)26-28-14-22(6,7)13-27-25-18(4)20-10-8-9-16(2)23-20;1-10-6-5-7-12(15-10)11(2)16-17-9-13(3,4)8-14;1-6-4-7(2)10-9(5-6)8(3)11-12;1-6-4-3-5-8(9-6)7(2)10-11;1-5(2,3-6)4-7;2*1-2/h8-12H,13-14H2,1-7H3;5-7H,8-9H2,1-4H3;4-5,12H,1-3H3;3-5,11H,1-2H3;3-4H2,1-2H3;2*1H3/b25-18+,26-19?;16-11+;;10-7+;;;. The predicted octanol–water partition coefficient (Wildman–Crippen LogP) is 15.8. The van der Waals surface area contributed by atoms with Crippen molar-refractivity contribution >= 4 is 90.9 Å². The van der Waals surface area contributed by atoms with E-state index in [1.54, 1.807) is 13.8 Å². The van der Waals surface area contributed by atoms with E-state index in [4.69, 9.17) is 48.1 Å². The van der Waals surface area contributed by atoms with Crippen LogP contribution < -0.4 is 0 Å². The third kappa shape index (κ3) is 34.5. The highest BCUT2D eigenvalue weighted by atomic mass is 79.9. The summed E-state index contributed by atoms with van der Waals surface area (Å²) in [4.78, 5) is 38.1. The Kier molecular flexibility index (Phi) is 39.2. The summed E-state index contributed by atoms with van der Waals surface area (Å²) in [5, 5.41) is 36.5. The zero-order chi connectivity index (χ0) is 60.9. The van der Waals surface area contributed by atoms with Gasteiger partial charge in [0.05, 0.1) is 28.5 Å². The van der Waals surface area contributed by atoms with Crippen molar-refractivity contribution in [1.82, 2.24) is 24.9 Å². The first-order chi connectivity index (χ1) is 37.1. The summed E-state index contributed by atoms with van der Waals surface area (Å²) < 4.78 is 0. The van der Waals surface area contributed by atoms with Crippen LogP contribution in [0.5, 0.6) is 0 Å². The molecule has 0 unspecified atom stereocenters. The van der Waals surface area contributed by atoms with Crippen molar-refractivity contribution < 1.29 is 24.9 Å². The molecular weight excluding hydrogens is 1150 g/mol. The van der Waals surface area contributed by atoms with E-state index in [9.17, 15) is 0 Å². The summed E-state index contributed by atoms with van der Waals surface area (Å²) in [6.45, 7) is 36.5. The Hall–Kier alpha value is -5.26. The van der Waals surface area contributed by atoms with E-state index in [2.05, 4.69) is 104 Å². The Morgan fingerprint density at radius 1 is 0.430 bits per heavy atom. The minimum Gasteiger partial charge on any atom is -0.411 e. The van der Waals surface area contributed by atoms with Crippen molar-refractivity contribution in [3.05, 3.63) is 147 Å². The van der Waals surface area contributed by atoms with Crippen molar-refractivity contribution in [2.45, 2.75) is 125 Å². The molecule has 15 nitrogen and oxygen atoms in total. The van der Waals surface area contributed by atoms with Crippen LogP contribution in [0.3, 0.4) is 0 Å². The van der Waals surface area contributed by atoms with Crippen LogP contribution in [0, 0.1) is 64.7 Å². The first-order valence-electron chi connectivity index (χ1n) is 25.1.